The number of rotatable bonds is 4. The molecule has 0 saturated carbocycles. The Labute approximate surface area is 140 Å². The van der Waals surface area contributed by atoms with E-state index in [0.29, 0.717) is 24.7 Å². The van der Waals surface area contributed by atoms with Crippen LogP contribution in [-0.2, 0) is 0 Å². The van der Waals surface area contributed by atoms with Crippen LogP contribution in [0, 0.1) is 10.1 Å². The molecule has 126 valence electrons. The number of aromatic nitrogens is 2. The van der Waals surface area contributed by atoms with Crippen molar-refractivity contribution < 1.29 is 4.92 Å². The zero-order valence-corrected chi connectivity index (χ0v) is 13.8. The molecule has 3 rings (SSSR count). The van der Waals surface area contributed by atoms with E-state index in [1.54, 1.807) is 11.9 Å². The molecule has 1 aromatic heterocycles. The summed E-state index contributed by atoms with van der Waals surface area (Å²) < 4.78 is 0. The van der Waals surface area contributed by atoms with Crippen molar-refractivity contribution in [2.45, 2.75) is 0 Å². The van der Waals surface area contributed by atoms with Gasteiger partial charge >= 0.3 is 5.69 Å². The topological polar surface area (TPSA) is 78.6 Å². The molecule has 0 radical (unpaired) electrons. The van der Waals surface area contributed by atoms with Crippen LogP contribution in [0.3, 0.4) is 0 Å². The first-order chi connectivity index (χ1) is 11.6. The Morgan fingerprint density at radius 2 is 1.79 bits per heavy atom. The Morgan fingerprint density at radius 3 is 2.42 bits per heavy atom. The van der Waals surface area contributed by atoms with Gasteiger partial charge in [0.1, 0.15) is 6.33 Å². The van der Waals surface area contributed by atoms with Crippen LogP contribution in [-0.4, -0.2) is 60.1 Å². The zero-order valence-electron chi connectivity index (χ0n) is 13.8. The number of nitrogens with zero attached hydrogens (tertiary/aromatic N) is 6. The van der Waals surface area contributed by atoms with E-state index >= 15 is 0 Å². The van der Waals surface area contributed by atoms with E-state index < -0.39 is 0 Å². The molecule has 1 aliphatic heterocycles. The van der Waals surface area contributed by atoms with Crippen molar-refractivity contribution in [1.29, 1.82) is 0 Å². The molecule has 0 N–H and O–H groups in total. The van der Waals surface area contributed by atoms with Crippen LogP contribution in [0.4, 0.5) is 23.0 Å². The molecule has 1 aliphatic rings. The van der Waals surface area contributed by atoms with Crippen LogP contribution in [0.15, 0.2) is 36.7 Å². The van der Waals surface area contributed by atoms with Gasteiger partial charge in [-0.15, -0.1) is 0 Å². The number of para-hydroxylation sites is 1. The highest BCUT2D eigenvalue weighted by Gasteiger charge is 2.30. The average Bonchev–Trinajstić information content (AvgIpc) is 2.61. The number of nitro groups is 1. The van der Waals surface area contributed by atoms with Gasteiger partial charge in [-0.3, -0.25) is 10.1 Å². The van der Waals surface area contributed by atoms with Gasteiger partial charge in [0, 0.05) is 38.9 Å². The Morgan fingerprint density at radius 1 is 1.12 bits per heavy atom. The van der Waals surface area contributed by atoms with Gasteiger partial charge in [-0.25, -0.2) is 9.97 Å². The third-order valence-corrected chi connectivity index (χ3v) is 4.23. The Hall–Kier alpha value is -2.74. The molecule has 2 heterocycles. The van der Waals surface area contributed by atoms with Crippen molar-refractivity contribution in [2.24, 2.45) is 0 Å². The Kier molecular flexibility index (Phi) is 4.57. The summed E-state index contributed by atoms with van der Waals surface area (Å²) in [4.78, 5) is 25.6. The van der Waals surface area contributed by atoms with E-state index in [4.69, 9.17) is 0 Å². The highest BCUT2D eigenvalue weighted by Crippen LogP contribution is 2.36. The van der Waals surface area contributed by atoms with Gasteiger partial charge in [-0.1, -0.05) is 18.2 Å². The fourth-order valence-electron chi connectivity index (χ4n) is 2.79. The molecule has 0 bridgehead atoms. The van der Waals surface area contributed by atoms with E-state index in [9.17, 15) is 10.1 Å². The van der Waals surface area contributed by atoms with Crippen molar-refractivity contribution in [1.82, 2.24) is 14.9 Å². The molecule has 0 spiro atoms. The van der Waals surface area contributed by atoms with Crippen molar-refractivity contribution in [3.8, 4) is 0 Å². The van der Waals surface area contributed by atoms with Gasteiger partial charge in [-0.2, -0.15) is 0 Å². The van der Waals surface area contributed by atoms with Crippen molar-refractivity contribution in [3.63, 3.8) is 0 Å². The van der Waals surface area contributed by atoms with Crippen LogP contribution in [0.5, 0.6) is 0 Å². The van der Waals surface area contributed by atoms with E-state index in [0.717, 1.165) is 18.8 Å². The number of hydrogen-bond donors (Lipinski definition) is 0. The van der Waals surface area contributed by atoms with E-state index in [2.05, 4.69) is 14.9 Å². The van der Waals surface area contributed by atoms with E-state index in [1.165, 1.54) is 6.33 Å². The number of anilines is 3. The fourth-order valence-corrected chi connectivity index (χ4v) is 2.79. The zero-order chi connectivity index (χ0) is 17.1. The van der Waals surface area contributed by atoms with Gasteiger partial charge in [-0.05, 0) is 19.2 Å². The second-order valence-electron chi connectivity index (χ2n) is 5.81. The second kappa shape index (κ2) is 6.79. The summed E-state index contributed by atoms with van der Waals surface area (Å²) in [6.45, 7) is 3.13. The molecule has 24 heavy (non-hydrogen) atoms. The summed E-state index contributed by atoms with van der Waals surface area (Å²) in [5.41, 5.74) is 0.789. The quantitative estimate of drug-likeness (QED) is 0.626. The molecule has 0 atom stereocenters. The lowest BCUT2D eigenvalue weighted by molar-refractivity contribution is -0.383. The second-order valence-corrected chi connectivity index (χ2v) is 5.81. The monoisotopic (exact) mass is 328 g/mol. The van der Waals surface area contributed by atoms with Gasteiger partial charge < -0.3 is 14.7 Å². The summed E-state index contributed by atoms with van der Waals surface area (Å²) in [5.74, 6) is 0.691. The minimum atomic E-state index is -0.386. The fraction of sp³-hybridized carbons (Fsp3) is 0.375. The molecule has 8 heteroatoms. The average molecular weight is 328 g/mol. The molecule has 1 saturated heterocycles. The lowest BCUT2D eigenvalue weighted by atomic mass is 10.2. The molecule has 1 fully saturated rings. The third-order valence-electron chi connectivity index (χ3n) is 4.23. The molecule has 1 aromatic carbocycles. The van der Waals surface area contributed by atoms with Crippen LogP contribution in [0.25, 0.3) is 0 Å². The maximum atomic E-state index is 11.7. The molecular formula is C16H20N6O2. The highest BCUT2D eigenvalue weighted by atomic mass is 16.6. The normalized spacial score (nSPS) is 15.3. The first-order valence-electron chi connectivity index (χ1n) is 7.79. The Bertz CT molecular complexity index is 716. The predicted octanol–water partition coefficient (Wildman–Crippen LogP) is 1.90. The molecule has 0 unspecified atom stereocenters. The first kappa shape index (κ1) is 16.1. The maximum absolute atomic E-state index is 11.7. The van der Waals surface area contributed by atoms with Crippen LogP contribution >= 0.6 is 0 Å². The summed E-state index contributed by atoms with van der Waals surface area (Å²) >= 11 is 0. The summed E-state index contributed by atoms with van der Waals surface area (Å²) in [6.07, 6.45) is 1.40. The number of hydrogen-bond acceptors (Lipinski definition) is 7. The maximum Gasteiger partial charge on any atom is 0.353 e. The highest BCUT2D eigenvalue weighted by molar-refractivity contribution is 5.75. The first-order valence-corrected chi connectivity index (χ1v) is 7.79. The molecule has 0 aliphatic carbocycles. The van der Waals surface area contributed by atoms with Gasteiger partial charge in [0.15, 0.2) is 0 Å². The summed E-state index contributed by atoms with van der Waals surface area (Å²) in [7, 11) is 3.82. The molecular weight excluding hydrogens is 308 g/mol. The van der Waals surface area contributed by atoms with E-state index in [-0.39, 0.29) is 10.6 Å². The molecule has 0 amide bonds. The van der Waals surface area contributed by atoms with Crippen molar-refractivity contribution in [2.75, 3.05) is 50.1 Å². The minimum Gasteiger partial charge on any atom is -0.348 e. The third kappa shape index (κ3) is 3.13. The van der Waals surface area contributed by atoms with Gasteiger partial charge in [0.2, 0.25) is 11.6 Å². The molecule has 2 aromatic rings. The number of benzene rings is 1. The SMILES string of the molecule is CN1CCN(c2ncnc(N(C)c3ccccc3)c2[N+](=O)[O-])CC1. The lowest BCUT2D eigenvalue weighted by Gasteiger charge is -2.33. The van der Waals surface area contributed by atoms with Gasteiger partial charge in [0.25, 0.3) is 0 Å². The van der Waals surface area contributed by atoms with Crippen LogP contribution < -0.4 is 9.80 Å². The van der Waals surface area contributed by atoms with Crippen molar-refractivity contribution in [3.05, 3.63) is 46.8 Å². The smallest absolute Gasteiger partial charge is 0.348 e. The van der Waals surface area contributed by atoms with Crippen LogP contribution in [0.2, 0.25) is 0 Å². The number of likely N-dealkylation sites (N-methyl/N-ethyl adjacent to an activating group) is 1. The van der Waals surface area contributed by atoms with E-state index in [1.807, 2.05) is 42.3 Å². The van der Waals surface area contributed by atoms with Gasteiger partial charge in [0.05, 0.1) is 4.92 Å². The standard InChI is InChI=1S/C16H20N6O2/c1-19-8-10-21(11-9-19)16-14(22(23)24)15(17-12-18-16)20(2)13-6-4-3-5-7-13/h3-7,12H,8-11H2,1-2H3. The molecule has 8 nitrogen and oxygen atoms in total. The predicted molar refractivity (Wildman–Crippen MR) is 92.9 cm³/mol. The number of piperazine rings is 1. The van der Waals surface area contributed by atoms with Crippen molar-refractivity contribution >= 4 is 23.0 Å². The Balaban J connectivity index is 2.01. The summed E-state index contributed by atoms with van der Waals surface area (Å²) in [5, 5.41) is 11.7. The minimum absolute atomic E-state index is 0.0478. The summed E-state index contributed by atoms with van der Waals surface area (Å²) in [6, 6.07) is 9.46. The van der Waals surface area contributed by atoms with Crippen LogP contribution in [0.1, 0.15) is 0 Å². The largest absolute Gasteiger partial charge is 0.353 e. The lowest BCUT2D eigenvalue weighted by Crippen LogP contribution is -2.45.